The molecule has 0 radical (unpaired) electrons. The van der Waals surface area contributed by atoms with Gasteiger partial charge in [0.25, 0.3) is 11.6 Å². The molecule has 1 aromatic rings. The van der Waals surface area contributed by atoms with Gasteiger partial charge in [0.15, 0.2) is 0 Å². The summed E-state index contributed by atoms with van der Waals surface area (Å²) in [5.74, 6) is -1.55. The van der Waals surface area contributed by atoms with Crippen LogP contribution in [-0.2, 0) is 0 Å². The van der Waals surface area contributed by atoms with Gasteiger partial charge in [0.2, 0.25) is 0 Å². The number of nitro groups is 1. The van der Waals surface area contributed by atoms with E-state index in [1.165, 1.54) is 4.90 Å². The molecule has 0 saturated carbocycles. The quantitative estimate of drug-likeness (QED) is 0.463. The van der Waals surface area contributed by atoms with Crippen LogP contribution in [0.25, 0.3) is 0 Å². The number of halogens is 1. The standard InChI is InChI=1S/C12H16FN3O4/c1-2-3-15(4-5-17)12(18)9-6-8(13)7-10(11(9)14)16(19)20/h6-7,17H,2-5,14H2,1H3. The van der Waals surface area contributed by atoms with Crippen molar-refractivity contribution < 1.29 is 19.2 Å². The monoisotopic (exact) mass is 285 g/mol. The molecule has 0 fully saturated rings. The van der Waals surface area contributed by atoms with E-state index in [0.717, 1.165) is 6.07 Å². The Balaban J connectivity index is 3.23. The van der Waals surface area contributed by atoms with Gasteiger partial charge in [-0.25, -0.2) is 4.39 Å². The summed E-state index contributed by atoms with van der Waals surface area (Å²) in [6.45, 7) is 1.96. The number of nitrogen functional groups attached to an aromatic ring is 1. The zero-order chi connectivity index (χ0) is 15.3. The number of carbonyl (C=O) groups excluding carboxylic acids is 1. The van der Waals surface area contributed by atoms with E-state index in [2.05, 4.69) is 0 Å². The van der Waals surface area contributed by atoms with Gasteiger partial charge in [0.05, 0.1) is 23.2 Å². The first-order valence-electron chi connectivity index (χ1n) is 6.05. The second-order valence-electron chi connectivity index (χ2n) is 4.16. The lowest BCUT2D eigenvalue weighted by atomic mass is 10.1. The molecule has 0 saturated heterocycles. The van der Waals surface area contributed by atoms with E-state index in [9.17, 15) is 19.3 Å². The number of hydrogen-bond donors (Lipinski definition) is 2. The number of rotatable bonds is 6. The van der Waals surface area contributed by atoms with Gasteiger partial charge in [0, 0.05) is 13.1 Å². The molecule has 3 N–H and O–H groups in total. The molecule has 0 unspecified atom stereocenters. The first kappa shape index (κ1) is 15.8. The molecule has 1 amide bonds. The van der Waals surface area contributed by atoms with E-state index in [-0.39, 0.29) is 24.4 Å². The maximum atomic E-state index is 13.4. The highest BCUT2D eigenvalue weighted by molar-refractivity contribution is 6.01. The molecule has 0 aliphatic heterocycles. The zero-order valence-electron chi connectivity index (χ0n) is 11.0. The van der Waals surface area contributed by atoms with E-state index in [1.807, 2.05) is 6.92 Å². The largest absolute Gasteiger partial charge is 0.395 e. The van der Waals surface area contributed by atoms with Crippen molar-refractivity contribution in [2.24, 2.45) is 0 Å². The van der Waals surface area contributed by atoms with Gasteiger partial charge in [-0.05, 0) is 12.5 Å². The fourth-order valence-electron chi connectivity index (χ4n) is 1.81. The van der Waals surface area contributed by atoms with Crippen molar-refractivity contribution in [2.45, 2.75) is 13.3 Å². The van der Waals surface area contributed by atoms with Crippen molar-refractivity contribution in [2.75, 3.05) is 25.4 Å². The van der Waals surface area contributed by atoms with Crippen LogP contribution in [0.3, 0.4) is 0 Å². The minimum atomic E-state index is -0.908. The van der Waals surface area contributed by atoms with Gasteiger partial charge in [-0.1, -0.05) is 6.92 Å². The number of hydrogen-bond acceptors (Lipinski definition) is 5. The third-order valence-electron chi connectivity index (χ3n) is 2.70. The molecule has 20 heavy (non-hydrogen) atoms. The molecule has 0 spiro atoms. The number of nitrogens with two attached hydrogens (primary N) is 1. The number of carbonyl (C=O) groups is 1. The molecule has 8 heteroatoms. The predicted molar refractivity (Wildman–Crippen MR) is 70.7 cm³/mol. The molecule has 1 rings (SSSR count). The topological polar surface area (TPSA) is 110 Å². The van der Waals surface area contributed by atoms with E-state index >= 15 is 0 Å². The zero-order valence-corrected chi connectivity index (χ0v) is 11.0. The summed E-state index contributed by atoms with van der Waals surface area (Å²) in [6, 6.07) is 1.53. The third-order valence-corrected chi connectivity index (χ3v) is 2.70. The Morgan fingerprint density at radius 1 is 1.50 bits per heavy atom. The van der Waals surface area contributed by atoms with Gasteiger partial charge in [-0.2, -0.15) is 0 Å². The summed E-state index contributed by atoms with van der Waals surface area (Å²) >= 11 is 0. The highest BCUT2D eigenvalue weighted by atomic mass is 19.1. The van der Waals surface area contributed by atoms with Crippen LogP contribution in [0.2, 0.25) is 0 Å². The molecule has 7 nitrogen and oxygen atoms in total. The lowest BCUT2D eigenvalue weighted by Crippen LogP contribution is -2.34. The molecule has 0 atom stereocenters. The van der Waals surface area contributed by atoms with Gasteiger partial charge >= 0.3 is 0 Å². The summed E-state index contributed by atoms with van der Waals surface area (Å²) in [4.78, 5) is 23.4. The molecule has 0 aliphatic rings. The fraction of sp³-hybridized carbons (Fsp3) is 0.417. The minimum absolute atomic E-state index is 0.0520. The van der Waals surface area contributed by atoms with Crippen LogP contribution >= 0.6 is 0 Å². The highest BCUT2D eigenvalue weighted by Crippen LogP contribution is 2.27. The van der Waals surface area contributed by atoms with Gasteiger partial charge < -0.3 is 15.7 Å². The SMILES string of the molecule is CCCN(CCO)C(=O)c1cc(F)cc([N+](=O)[O-])c1N. The van der Waals surface area contributed by atoms with Crippen LogP contribution in [0.4, 0.5) is 15.8 Å². The van der Waals surface area contributed by atoms with Crippen molar-refractivity contribution in [3.63, 3.8) is 0 Å². The third kappa shape index (κ3) is 3.41. The number of aliphatic hydroxyl groups excluding tert-OH is 1. The Bertz CT molecular complexity index is 516. The summed E-state index contributed by atoms with van der Waals surface area (Å²) < 4.78 is 13.4. The first-order chi connectivity index (χ1) is 9.42. The second kappa shape index (κ2) is 6.80. The lowest BCUT2D eigenvalue weighted by molar-refractivity contribution is -0.384. The first-order valence-corrected chi connectivity index (χ1v) is 6.05. The average Bonchev–Trinajstić information content (AvgIpc) is 2.39. The van der Waals surface area contributed by atoms with Gasteiger partial charge in [0.1, 0.15) is 11.5 Å². The van der Waals surface area contributed by atoms with Crippen molar-refractivity contribution in [1.29, 1.82) is 0 Å². The summed E-state index contributed by atoms with van der Waals surface area (Å²) in [6.07, 6.45) is 0.628. The van der Waals surface area contributed by atoms with E-state index < -0.39 is 22.3 Å². The fourth-order valence-corrected chi connectivity index (χ4v) is 1.81. The average molecular weight is 285 g/mol. The molecule has 110 valence electrons. The minimum Gasteiger partial charge on any atom is -0.395 e. The Labute approximate surface area is 114 Å². The van der Waals surface area contributed by atoms with Gasteiger partial charge in [-0.15, -0.1) is 0 Å². The highest BCUT2D eigenvalue weighted by Gasteiger charge is 2.24. The molecular formula is C12H16FN3O4. The van der Waals surface area contributed by atoms with Crippen LogP contribution in [0.1, 0.15) is 23.7 Å². The lowest BCUT2D eigenvalue weighted by Gasteiger charge is -2.21. The molecule has 1 aromatic carbocycles. The van der Waals surface area contributed by atoms with Crippen molar-refractivity contribution in [3.8, 4) is 0 Å². The normalized spacial score (nSPS) is 10.3. The Morgan fingerprint density at radius 2 is 2.15 bits per heavy atom. The van der Waals surface area contributed by atoms with E-state index in [4.69, 9.17) is 10.8 Å². The predicted octanol–water partition coefficient (Wildman–Crippen LogP) is 1.16. The van der Waals surface area contributed by atoms with Crippen molar-refractivity contribution in [1.82, 2.24) is 4.90 Å². The van der Waals surface area contributed by atoms with Crippen LogP contribution in [0.5, 0.6) is 0 Å². The number of nitro benzene ring substituents is 1. The number of aliphatic hydroxyl groups is 1. The second-order valence-corrected chi connectivity index (χ2v) is 4.16. The Morgan fingerprint density at radius 3 is 2.65 bits per heavy atom. The van der Waals surface area contributed by atoms with E-state index in [1.54, 1.807) is 0 Å². The summed E-state index contributed by atoms with van der Waals surface area (Å²) in [5, 5.41) is 19.7. The van der Waals surface area contributed by atoms with Crippen LogP contribution in [-0.4, -0.2) is 40.5 Å². The number of anilines is 1. The van der Waals surface area contributed by atoms with Crippen LogP contribution < -0.4 is 5.73 Å². The van der Waals surface area contributed by atoms with Crippen molar-refractivity contribution >= 4 is 17.3 Å². The molecule has 0 bridgehead atoms. The summed E-state index contributed by atoms with van der Waals surface area (Å²) in [7, 11) is 0. The number of nitrogens with zero attached hydrogens (tertiary/aromatic N) is 2. The van der Waals surface area contributed by atoms with Crippen LogP contribution in [0, 0.1) is 15.9 Å². The Hall–Kier alpha value is -2.22. The smallest absolute Gasteiger partial charge is 0.295 e. The maximum Gasteiger partial charge on any atom is 0.295 e. The van der Waals surface area contributed by atoms with Crippen LogP contribution in [0.15, 0.2) is 12.1 Å². The van der Waals surface area contributed by atoms with Crippen molar-refractivity contribution in [3.05, 3.63) is 33.6 Å². The molecule has 0 aliphatic carbocycles. The number of amides is 1. The molecular weight excluding hydrogens is 269 g/mol. The number of benzene rings is 1. The molecule has 0 aromatic heterocycles. The molecule has 0 heterocycles. The Kier molecular flexibility index (Phi) is 5.39. The van der Waals surface area contributed by atoms with Gasteiger partial charge in [-0.3, -0.25) is 14.9 Å². The maximum absolute atomic E-state index is 13.4. The van der Waals surface area contributed by atoms with E-state index in [0.29, 0.717) is 19.0 Å². The summed E-state index contributed by atoms with van der Waals surface area (Å²) in [5.41, 5.74) is 4.28.